The largest absolute Gasteiger partial charge is 0.383 e. The molecule has 1 saturated heterocycles. The zero-order chi connectivity index (χ0) is 12.3. The van der Waals surface area contributed by atoms with E-state index in [1.165, 1.54) is 9.80 Å². The first-order valence-corrected chi connectivity index (χ1v) is 5.40. The summed E-state index contributed by atoms with van der Waals surface area (Å²) in [5, 5.41) is 0. The molecule has 5 heteroatoms. The van der Waals surface area contributed by atoms with Crippen molar-refractivity contribution in [3.63, 3.8) is 0 Å². The predicted molar refractivity (Wildman–Crippen MR) is 62.8 cm³/mol. The molecule has 1 aromatic carbocycles. The summed E-state index contributed by atoms with van der Waals surface area (Å²) >= 11 is 0. The van der Waals surface area contributed by atoms with Crippen LogP contribution < -0.4 is 4.90 Å². The van der Waals surface area contributed by atoms with Crippen molar-refractivity contribution in [1.29, 1.82) is 0 Å². The number of amides is 3. The fourth-order valence-corrected chi connectivity index (χ4v) is 1.76. The zero-order valence-electron chi connectivity index (χ0n) is 9.63. The number of nitrogens with zero attached hydrogens (tertiary/aromatic N) is 2. The Balaban J connectivity index is 2.15. The van der Waals surface area contributed by atoms with Crippen molar-refractivity contribution in [3.8, 4) is 0 Å². The van der Waals surface area contributed by atoms with Gasteiger partial charge >= 0.3 is 6.03 Å². The minimum Gasteiger partial charge on any atom is -0.383 e. The molecule has 1 heterocycles. The molecule has 0 atom stereocenters. The van der Waals surface area contributed by atoms with Gasteiger partial charge in [0, 0.05) is 13.7 Å². The summed E-state index contributed by atoms with van der Waals surface area (Å²) in [6.07, 6.45) is 0. The lowest BCUT2D eigenvalue weighted by atomic mass is 10.3. The van der Waals surface area contributed by atoms with E-state index in [-0.39, 0.29) is 18.5 Å². The van der Waals surface area contributed by atoms with Gasteiger partial charge in [-0.25, -0.2) is 9.69 Å². The Labute approximate surface area is 99.6 Å². The molecule has 17 heavy (non-hydrogen) atoms. The Bertz CT molecular complexity index is 419. The average Bonchev–Trinajstić information content (AvgIpc) is 2.63. The van der Waals surface area contributed by atoms with Crippen molar-refractivity contribution in [3.05, 3.63) is 30.3 Å². The molecular formula is C12H14N2O3. The van der Waals surface area contributed by atoms with Gasteiger partial charge in [0.2, 0.25) is 0 Å². The second-order valence-electron chi connectivity index (χ2n) is 3.76. The molecule has 0 saturated carbocycles. The average molecular weight is 234 g/mol. The molecule has 1 aliphatic rings. The number of para-hydroxylation sites is 1. The number of hydrogen-bond donors (Lipinski definition) is 0. The van der Waals surface area contributed by atoms with Crippen LogP contribution in [-0.2, 0) is 9.53 Å². The third-order valence-electron chi connectivity index (χ3n) is 2.62. The normalized spacial score (nSPS) is 15.8. The molecule has 0 spiro atoms. The van der Waals surface area contributed by atoms with Crippen LogP contribution in [0.1, 0.15) is 0 Å². The van der Waals surface area contributed by atoms with Crippen LogP contribution >= 0.6 is 0 Å². The fraction of sp³-hybridized carbons (Fsp3) is 0.333. The van der Waals surface area contributed by atoms with Crippen molar-refractivity contribution in [1.82, 2.24) is 4.90 Å². The summed E-state index contributed by atoms with van der Waals surface area (Å²) < 4.78 is 4.90. The topological polar surface area (TPSA) is 49.9 Å². The Kier molecular flexibility index (Phi) is 3.39. The summed E-state index contributed by atoms with van der Waals surface area (Å²) in [5.74, 6) is -0.197. The van der Waals surface area contributed by atoms with Gasteiger partial charge in [-0.3, -0.25) is 4.79 Å². The van der Waals surface area contributed by atoms with E-state index in [4.69, 9.17) is 4.74 Å². The van der Waals surface area contributed by atoms with E-state index in [0.717, 1.165) is 0 Å². The van der Waals surface area contributed by atoms with Crippen LogP contribution in [0.15, 0.2) is 30.3 Å². The molecule has 90 valence electrons. The smallest absolute Gasteiger partial charge is 0.331 e. The minimum atomic E-state index is -0.279. The monoisotopic (exact) mass is 234 g/mol. The second kappa shape index (κ2) is 4.97. The van der Waals surface area contributed by atoms with Crippen LogP contribution in [-0.4, -0.2) is 43.6 Å². The Morgan fingerprint density at radius 2 is 1.94 bits per heavy atom. The third kappa shape index (κ3) is 2.29. The Morgan fingerprint density at radius 3 is 2.59 bits per heavy atom. The molecule has 3 amide bonds. The lowest BCUT2D eigenvalue weighted by molar-refractivity contribution is -0.116. The molecule has 2 rings (SSSR count). The van der Waals surface area contributed by atoms with Gasteiger partial charge in [0.05, 0.1) is 12.3 Å². The minimum absolute atomic E-state index is 0.122. The molecule has 1 fully saturated rings. The summed E-state index contributed by atoms with van der Waals surface area (Å²) in [7, 11) is 1.57. The Morgan fingerprint density at radius 1 is 1.24 bits per heavy atom. The number of imide groups is 1. The van der Waals surface area contributed by atoms with Gasteiger partial charge in [0.15, 0.2) is 0 Å². The number of ether oxygens (including phenoxy) is 1. The van der Waals surface area contributed by atoms with E-state index in [1.54, 1.807) is 31.4 Å². The van der Waals surface area contributed by atoms with E-state index in [2.05, 4.69) is 0 Å². The highest BCUT2D eigenvalue weighted by atomic mass is 16.5. The standard InChI is InChI=1S/C12H14N2O3/c1-17-8-7-13-9-11(15)14(12(13)16)10-5-3-2-4-6-10/h2-6H,7-9H2,1H3. The van der Waals surface area contributed by atoms with Gasteiger partial charge in [-0.15, -0.1) is 0 Å². The third-order valence-corrected chi connectivity index (χ3v) is 2.62. The number of carbonyl (C=O) groups is 2. The molecule has 1 aromatic rings. The number of urea groups is 1. The molecule has 0 unspecified atom stereocenters. The molecule has 0 aromatic heterocycles. The van der Waals surface area contributed by atoms with Crippen molar-refractivity contribution in [2.45, 2.75) is 0 Å². The highest BCUT2D eigenvalue weighted by Crippen LogP contribution is 2.20. The Hall–Kier alpha value is -1.88. The maximum Gasteiger partial charge on any atom is 0.331 e. The highest BCUT2D eigenvalue weighted by molar-refractivity contribution is 6.19. The first-order chi connectivity index (χ1) is 8.24. The van der Waals surface area contributed by atoms with Crippen molar-refractivity contribution in [2.24, 2.45) is 0 Å². The van der Waals surface area contributed by atoms with E-state index < -0.39 is 0 Å². The van der Waals surface area contributed by atoms with E-state index >= 15 is 0 Å². The van der Waals surface area contributed by atoms with Gasteiger partial charge in [-0.2, -0.15) is 0 Å². The highest BCUT2D eigenvalue weighted by Gasteiger charge is 2.36. The number of carbonyl (C=O) groups excluding carboxylic acids is 2. The predicted octanol–water partition coefficient (Wildman–Crippen LogP) is 1.10. The molecular weight excluding hydrogens is 220 g/mol. The molecule has 0 radical (unpaired) electrons. The van der Waals surface area contributed by atoms with E-state index in [1.807, 2.05) is 6.07 Å². The number of rotatable bonds is 4. The van der Waals surface area contributed by atoms with Crippen LogP contribution in [0.5, 0.6) is 0 Å². The van der Waals surface area contributed by atoms with Crippen molar-refractivity contribution >= 4 is 17.6 Å². The van der Waals surface area contributed by atoms with Gasteiger partial charge in [-0.1, -0.05) is 18.2 Å². The first kappa shape index (κ1) is 11.6. The van der Waals surface area contributed by atoms with Crippen molar-refractivity contribution < 1.29 is 14.3 Å². The molecule has 5 nitrogen and oxygen atoms in total. The van der Waals surface area contributed by atoms with Gasteiger partial charge in [0.25, 0.3) is 5.91 Å². The van der Waals surface area contributed by atoms with Crippen molar-refractivity contribution in [2.75, 3.05) is 31.7 Å². The van der Waals surface area contributed by atoms with Gasteiger partial charge in [0.1, 0.15) is 6.54 Å². The fourth-order valence-electron chi connectivity index (χ4n) is 1.76. The lowest BCUT2D eigenvalue weighted by Gasteiger charge is -2.16. The number of hydrogen-bond acceptors (Lipinski definition) is 3. The van der Waals surface area contributed by atoms with Crippen LogP contribution in [0, 0.1) is 0 Å². The number of methoxy groups -OCH3 is 1. The molecule has 0 N–H and O–H groups in total. The van der Waals surface area contributed by atoms with Crippen LogP contribution in [0.4, 0.5) is 10.5 Å². The van der Waals surface area contributed by atoms with E-state index in [0.29, 0.717) is 18.8 Å². The summed E-state index contributed by atoms with van der Waals surface area (Å²) in [6.45, 7) is 0.989. The number of anilines is 1. The van der Waals surface area contributed by atoms with Crippen LogP contribution in [0.3, 0.4) is 0 Å². The zero-order valence-corrected chi connectivity index (χ0v) is 9.63. The number of benzene rings is 1. The molecule has 0 aliphatic carbocycles. The van der Waals surface area contributed by atoms with Gasteiger partial charge < -0.3 is 9.64 Å². The summed E-state index contributed by atoms with van der Waals surface area (Å²) in [6, 6.07) is 8.65. The lowest BCUT2D eigenvalue weighted by Crippen LogP contribution is -2.34. The van der Waals surface area contributed by atoms with Crippen LogP contribution in [0.25, 0.3) is 0 Å². The SMILES string of the molecule is COCCN1CC(=O)N(c2ccccc2)C1=O. The van der Waals surface area contributed by atoms with Crippen LogP contribution in [0.2, 0.25) is 0 Å². The summed E-state index contributed by atoms with van der Waals surface area (Å²) in [5.41, 5.74) is 0.613. The molecule has 1 aliphatic heterocycles. The second-order valence-corrected chi connectivity index (χ2v) is 3.76. The maximum atomic E-state index is 12.0. The molecule has 0 bridgehead atoms. The quantitative estimate of drug-likeness (QED) is 0.733. The van der Waals surface area contributed by atoms with E-state index in [9.17, 15) is 9.59 Å². The van der Waals surface area contributed by atoms with Gasteiger partial charge in [-0.05, 0) is 12.1 Å². The summed E-state index contributed by atoms with van der Waals surface area (Å²) in [4.78, 5) is 26.5. The first-order valence-electron chi connectivity index (χ1n) is 5.40. The maximum absolute atomic E-state index is 12.0.